The summed E-state index contributed by atoms with van der Waals surface area (Å²) in [5.41, 5.74) is 5.63. The molecule has 0 bridgehead atoms. The maximum Gasteiger partial charge on any atom is 0.289 e. The third-order valence-electron chi connectivity index (χ3n) is 5.07. The molecule has 9 heteroatoms. The molecule has 4 aromatic rings. The van der Waals surface area contributed by atoms with Crippen LogP contribution in [-0.2, 0) is 4.79 Å². The summed E-state index contributed by atoms with van der Waals surface area (Å²) in [5.74, 6) is 0.610. The number of rotatable bonds is 7. The van der Waals surface area contributed by atoms with Crippen molar-refractivity contribution in [3.05, 3.63) is 71.7 Å². The standard InChI is InChI=1S/C25H23N3O5S/c1-15(33-18-12-11-16-7-4-5-8-17(16)13-18)23(29)27-28-24(30)20-14-34-25(26-20)19-9-6-10-21(31-2)22(19)32-3/h4-15H,1-3H3,(H,27,29)(H,28,30). The van der Waals surface area contributed by atoms with Gasteiger partial charge in [0, 0.05) is 5.38 Å². The number of ether oxygens (including phenoxy) is 3. The van der Waals surface area contributed by atoms with Crippen LogP contribution in [0.2, 0.25) is 0 Å². The van der Waals surface area contributed by atoms with Crippen LogP contribution >= 0.6 is 11.3 Å². The number of para-hydroxylation sites is 1. The first-order valence-corrected chi connectivity index (χ1v) is 11.3. The number of hydrogen-bond acceptors (Lipinski definition) is 7. The van der Waals surface area contributed by atoms with Gasteiger partial charge in [-0.3, -0.25) is 20.4 Å². The Bertz CT molecular complexity index is 1340. The van der Waals surface area contributed by atoms with Crippen molar-refractivity contribution in [2.75, 3.05) is 14.2 Å². The molecule has 1 heterocycles. The van der Waals surface area contributed by atoms with Gasteiger partial charge in [-0.05, 0) is 42.0 Å². The van der Waals surface area contributed by atoms with E-state index >= 15 is 0 Å². The average molecular weight is 478 g/mol. The van der Waals surface area contributed by atoms with Crippen LogP contribution in [-0.4, -0.2) is 37.1 Å². The molecule has 1 aromatic heterocycles. The molecule has 34 heavy (non-hydrogen) atoms. The second-order valence-corrected chi connectivity index (χ2v) is 8.15. The first kappa shape index (κ1) is 23.1. The molecule has 4 rings (SSSR count). The zero-order valence-corrected chi connectivity index (χ0v) is 19.6. The van der Waals surface area contributed by atoms with Gasteiger partial charge in [0.15, 0.2) is 17.6 Å². The lowest BCUT2D eigenvalue weighted by Crippen LogP contribution is -2.47. The molecule has 1 unspecified atom stereocenters. The Morgan fingerprint density at radius 3 is 2.50 bits per heavy atom. The highest BCUT2D eigenvalue weighted by molar-refractivity contribution is 7.13. The maximum absolute atomic E-state index is 12.5. The number of thiazole rings is 1. The van der Waals surface area contributed by atoms with E-state index in [2.05, 4.69) is 15.8 Å². The van der Waals surface area contributed by atoms with Crippen LogP contribution in [0, 0.1) is 0 Å². The fraction of sp³-hybridized carbons (Fsp3) is 0.160. The second kappa shape index (κ2) is 10.2. The summed E-state index contributed by atoms with van der Waals surface area (Å²) >= 11 is 1.28. The first-order chi connectivity index (χ1) is 16.5. The van der Waals surface area contributed by atoms with Crippen LogP contribution < -0.4 is 25.1 Å². The highest BCUT2D eigenvalue weighted by Crippen LogP contribution is 2.38. The van der Waals surface area contributed by atoms with Gasteiger partial charge in [-0.15, -0.1) is 11.3 Å². The van der Waals surface area contributed by atoms with Gasteiger partial charge in [0.1, 0.15) is 16.5 Å². The minimum absolute atomic E-state index is 0.160. The summed E-state index contributed by atoms with van der Waals surface area (Å²) in [7, 11) is 3.09. The number of aromatic nitrogens is 1. The molecule has 0 aliphatic carbocycles. The largest absolute Gasteiger partial charge is 0.493 e. The minimum atomic E-state index is -0.825. The van der Waals surface area contributed by atoms with E-state index in [4.69, 9.17) is 14.2 Å². The van der Waals surface area contributed by atoms with E-state index in [1.807, 2.05) is 48.5 Å². The van der Waals surface area contributed by atoms with Crippen molar-refractivity contribution in [2.45, 2.75) is 13.0 Å². The number of fused-ring (bicyclic) bond motifs is 1. The van der Waals surface area contributed by atoms with Crippen molar-refractivity contribution in [3.8, 4) is 27.8 Å². The van der Waals surface area contributed by atoms with E-state index in [0.29, 0.717) is 27.8 Å². The molecule has 3 aromatic carbocycles. The van der Waals surface area contributed by atoms with E-state index in [1.165, 1.54) is 11.3 Å². The van der Waals surface area contributed by atoms with Crippen molar-refractivity contribution < 1.29 is 23.8 Å². The molecule has 0 radical (unpaired) electrons. The van der Waals surface area contributed by atoms with Gasteiger partial charge in [-0.25, -0.2) is 4.98 Å². The van der Waals surface area contributed by atoms with Crippen molar-refractivity contribution in [3.63, 3.8) is 0 Å². The van der Waals surface area contributed by atoms with Crippen LogP contribution in [0.1, 0.15) is 17.4 Å². The van der Waals surface area contributed by atoms with E-state index in [0.717, 1.165) is 10.8 Å². The molecule has 174 valence electrons. The van der Waals surface area contributed by atoms with Crippen molar-refractivity contribution >= 4 is 33.9 Å². The number of nitrogens with one attached hydrogen (secondary N) is 2. The SMILES string of the molecule is COc1cccc(-c2nc(C(=O)NNC(=O)C(C)Oc3ccc4ccccc4c3)cs2)c1OC. The van der Waals surface area contributed by atoms with Gasteiger partial charge in [0.25, 0.3) is 11.8 Å². The van der Waals surface area contributed by atoms with Crippen LogP contribution in [0.5, 0.6) is 17.2 Å². The fourth-order valence-corrected chi connectivity index (χ4v) is 4.16. The molecule has 2 N–H and O–H groups in total. The Kier molecular flexibility index (Phi) is 6.93. The van der Waals surface area contributed by atoms with Gasteiger partial charge in [0.2, 0.25) is 0 Å². The highest BCUT2D eigenvalue weighted by atomic mass is 32.1. The molecule has 0 aliphatic heterocycles. The zero-order chi connectivity index (χ0) is 24.1. The predicted octanol–water partition coefficient (Wildman–Crippen LogP) is 4.21. The number of methoxy groups -OCH3 is 2. The third-order valence-corrected chi connectivity index (χ3v) is 5.95. The average Bonchev–Trinajstić information content (AvgIpc) is 3.36. The number of benzene rings is 3. The number of nitrogens with zero attached hydrogens (tertiary/aromatic N) is 1. The summed E-state index contributed by atoms with van der Waals surface area (Å²) in [5, 5.41) is 4.27. The maximum atomic E-state index is 12.5. The molecular weight excluding hydrogens is 454 g/mol. The van der Waals surface area contributed by atoms with Gasteiger partial charge in [0.05, 0.1) is 19.8 Å². The molecule has 0 aliphatic rings. The molecular formula is C25H23N3O5S. The summed E-state index contributed by atoms with van der Waals surface area (Å²) in [6.07, 6.45) is -0.825. The normalized spacial score (nSPS) is 11.5. The first-order valence-electron chi connectivity index (χ1n) is 10.4. The topological polar surface area (TPSA) is 98.8 Å². The number of amides is 2. The lowest BCUT2D eigenvalue weighted by atomic mass is 10.1. The zero-order valence-electron chi connectivity index (χ0n) is 18.8. The van der Waals surface area contributed by atoms with E-state index < -0.39 is 17.9 Å². The van der Waals surface area contributed by atoms with Crippen LogP contribution in [0.15, 0.2) is 66.0 Å². The number of hydrazine groups is 1. The lowest BCUT2D eigenvalue weighted by molar-refractivity contribution is -0.128. The quantitative estimate of drug-likeness (QED) is 0.387. The summed E-state index contributed by atoms with van der Waals surface area (Å²) in [6, 6.07) is 18.9. The Labute approximate surface area is 200 Å². The number of carbonyl (C=O) groups excluding carboxylic acids is 2. The smallest absolute Gasteiger partial charge is 0.289 e. The van der Waals surface area contributed by atoms with Crippen molar-refractivity contribution in [1.29, 1.82) is 0 Å². The van der Waals surface area contributed by atoms with E-state index in [-0.39, 0.29) is 5.69 Å². The van der Waals surface area contributed by atoms with Crippen molar-refractivity contribution in [1.82, 2.24) is 15.8 Å². The van der Waals surface area contributed by atoms with Gasteiger partial charge in [-0.1, -0.05) is 36.4 Å². The molecule has 0 saturated carbocycles. The molecule has 0 fully saturated rings. The van der Waals surface area contributed by atoms with Gasteiger partial charge in [-0.2, -0.15) is 0 Å². The van der Waals surface area contributed by atoms with Gasteiger partial charge < -0.3 is 14.2 Å². The predicted molar refractivity (Wildman–Crippen MR) is 130 cm³/mol. The Morgan fingerprint density at radius 1 is 0.941 bits per heavy atom. The fourth-order valence-electron chi connectivity index (χ4n) is 3.34. The molecule has 2 amide bonds. The van der Waals surface area contributed by atoms with E-state index in [9.17, 15) is 9.59 Å². The highest BCUT2D eigenvalue weighted by Gasteiger charge is 2.19. The third kappa shape index (κ3) is 4.94. The minimum Gasteiger partial charge on any atom is -0.493 e. The Balaban J connectivity index is 1.37. The molecule has 1 atom stereocenters. The second-order valence-electron chi connectivity index (χ2n) is 7.29. The summed E-state index contributed by atoms with van der Waals surface area (Å²) in [6.45, 7) is 1.60. The Hall–Kier alpha value is -4.11. The monoisotopic (exact) mass is 477 g/mol. The van der Waals surface area contributed by atoms with Crippen LogP contribution in [0.3, 0.4) is 0 Å². The molecule has 0 spiro atoms. The Morgan fingerprint density at radius 2 is 1.74 bits per heavy atom. The summed E-state index contributed by atoms with van der Waals surface area (Å²) in [4.78, 5) is 29.3. The molecule has 8 nitrogen and oxygen atoms in total. The van der Waals surface area contributed by atoms with E-state index in [1.54, 1.807) is 38.7 Å². The molecule has 0 saturated heterocycles. The van der Waals surface area contributed by atoms with Gasteiger partial charge >= 0.3 is 0 Å². The van der Waals surface area contributed by atoms with Crippen LogP contribution in [0.4, 0.5) is 0 Å². The van der Waals surface area contributed by atoms with Crippen molar-refractivity contribution in [2.24, 2.45) is 0 Å². The summed E-state index contributed by atoms with van der Waals surface area (Å²) < 4.78 is 16.5. The van der Waals surface area contributed by atoms with Crippen LogP contribution in [0.25, 0.3) is 21.3 Å². The number of hydrogen-bond donors (Lipinski definition) is 2. The lowest BCUT2D eigenvalue weighted by Gasteiger charge is -2.15. The number of carbonyl (C=O) groups is 2.